The van der Waals surface area contributed by atoms with Gasteiger partial charge in [-0.3, -0.25) is 0 Å². The molecular formula is C18H15ClN2O2. The molecule has 0 radical (unpaired) electrons. The average Bonchev–Trinajstić information content (AvgIpc) is 2.61. The zero-order valence-corrected chi connectivity index (χ0v) is 13.5. The van der Waals surface area contributed by atoms with Gasteiger partial charge in [-0.1, -0.05) is 54.1 Å². The lowest BCUT2D eigenvalue weighted by atomic mass is 10.1. The fraction of sp³-hybridized carbons (Fsp3) is 0.111. The third kappa shape index (κ3) is 3.12. The van der Waals surface area contributed by atoms with Crippen molar-refractivity contribution in [3.8, 4) is 34.3 Å². The van der Waals surface area contributed by atoms with Gasteiger partial charge in [-0.2, -0.15) is 4.98 Å². The minimum atomic E-state index is 0.385. The van der Waals surface area contributed by atoms with E-state index in [-0.39, 0.29) is 0 Å². The fourth-order valence-corrected chi connectivity index (χ4v) is 2.49. The van der Waals surface area contributed by atoms with Crippen LogP contribution in [0.5, 0.6) is 11.6 Å². The molecule has 0 unspecified atom stereocenters. The topological polar surface area (TPSA) is 44.2 Å². The minimum absolute atomic E-state index is 0.385. The molecule has 0 bridgehead atoms. The lowest BCUT2D eigenvalue weighted by Gasteiger charge is -2.13. The van der Waals surface area contributed by atoms with Gasteiger partial charge in [-0.05, 0) is 12.1 Å². The molecule has 2 aromatic carbocycles. The van der Waals surface area contributed by atoms with E-state index in [9.17, 15) is 0 Å². The molecule has 0 amide bonds. The molecular weight excluding hydrogens is 312 g/mol. The quantitative estimate of drug-likeness (QED) is 0.709. The van der Waals surface area contributed by atoms with Crippen molar-refractivity contribution in [1.29, 1.82) is 0 Å². The maximum Gasteiger partial charge on any atom is 0.261 e. The van der Waals surface area contributed by atoms with Crippen LogP contribution in [0.2, 0.25) is 5.02 Å². The highest BCUT2D eigenvalue weighted by molar-refractivity contribution is 6.30. The Morgan fingerprint density at radius 2 is 1.57 bits per heavy atom. The number of hydrogen-bond donors (Lipinski definition) is 0. The van der Waals surface area contributed by atoms with Gasteiger partial charge in [0, 0.05) is 16.1 Å². The van der Waals surface area contributed by atoms with Gasteiger partial charge >= 0.3 is 0 Å². The second-order valence-corrected chi connectivity index (χ2v) is 5.25. The minimum Gasteiger partial charge on any atom is -0.490 e. The van der Waals surface area contributed by atoms with E-state index in [0.717, 1.165) is 11.1 Å². The first-order chi connectivity index (χ1) is 11.2. The molecule has 116 valence electrons. The fourth-order valence-electron chi connectivity index (χ4n) is 2.30. The van der Waals surface area contributed by atoms with Crippen LogP contribution in [-0.2, 0) is 0 Å². The summed E-state index contributed by atoms with van der Waals surface area (Å²) in [6.07, 6.45) is 0. The Morgan fingerprint density at radius 1 is 0.826 bits per heavy atom. The molecule has 1 heterocycles. The summed E-state index contributed by atoms with van der Waals surface area (Å²) >= 11 is 6.11. The molecule has 0 fully saturated rings. The normalized spacial score (nSPS) is 10.4. The molecule has 23 heavy (non-hydrogen) atoms. The number of nitrogens with zero attached hydrogens (tertiary/aromatic N) is 2. The van der Waals surface area contributed by atoms with Crippen molar-refractivity contribution in [1.82, 2.24) is 9.97 Å². The number of halogens is 1. The van der Waals surface area contributed by atoms with Crippen LogP contribution in [0.4, 0.5) is 0 Å². The molecule has 0 N–H and O–H groups in total. The van der Waals surface area contributed by atoms with E-state index in [1.54, 1.807) is 14.2 Å². The van der Waals surface area contributed by atoms with Crippen molar-refractivity contribution < 1.29 is 9.47 Å². The van der Waals surface area contributed by atoms with E-state index in [1.165, 1.54) is 0 Å². The van der Waals surface area contributed by atoms with Crippen LogP contribution in [0.1, 0.15) is 0 Å². The lowest BCUT2D eigenvalue weighted by Crippen LogP contribution is -2.01. The Morgan fingerprint density at radius 3 is 2.22 bits per heavy atom. The van der Waals surface area contributed by atoms with Crippen molar-refractivity contribution in [2.45, 2.75) is 0 Å². The molecule has 0 aliphatic carbocycles. The molecule has 4 nitrogen and oxygen atoms in total. The highest BCUT2D eigenvalue weighted by Gasteiger charge is 2.18. The summed E-state index contributed by atoms with van der Waals surface area (Å²) in [7, 11) is 3.12. The third-order valence-corrected chi connectivity index (χ3v) is 3.60. The van der Waals surface area contributed by atoms with Gasteiger partial charge in [0.15, 0.2) is 5.82 Å². The van der Waals surface area contributed by atoms with Gasteiger partial charge in [0.1, 0.15) is 5.69 Å². The van der Waals surface area contributed by atoms with E-state index in [2.05, 4.69) is 9.97 Å². The Bertz CT molecular complexity index is 823. The first-order valence-electron chi connectivity index (χ1n) is 7.04. The maximum absolute atomic E-state index is 6.11. The summed E-state index contributed by atoms with van der Waals surface area (Å²) in [5.74, 6) is 1.43. The zero-order valence-electron chi connectivity index (χ0n) is 12.8. The molecule has 0 aliphatic heterocycles. The van der Waals surface area contributed by atoms with Gasteiger partial charge in [-0.25, -0.2) is 4.98 Å². The van der Waals surface area contributed by atoms with Crippen LogP contribution in [0.25, 0.3) is 22.6 Å². The van der Waals surface area contributed by atoms with Gasteiger partial charge < -0.3 is 9.47 Å². The standard InChI is InChI=1S/C18H15ClN2O2/c1-22-16-15(13-9-6-10-14(19)11-13)20-17(21-18(16)23-2)12-7-4-3-5-8-12/h3-11H,1-2H3. The van der Waals surface area contributed by atoms with Crippen molar-refractivity contribution >= 4 is 11.6 Å². The predicted octanol–water partition coefficient (Wildman–Crippen LogP) is 4.48. The third-order valence-electron chi connectivity index (χ3n) is 3.36. The molecule has 0 spiro atoms. The van der Waals surface area contributed by atoms with Crippen molar-refractivity contribution in [3.63, 3.8) is 0 Å². The smallest absolute Gasteiger partial charge is 0.261 e. The predicted molar refractivity (Wildman–Crippen MR) is 91.0 cm³/mol. The largest absolute Gasteiger partial charge is 0.490 e. The second kappa shape index (κ2) is 6.67. The summed E-state index contributed by atoms with van der Waals surface area (Å²) in [5, 5.41) is 0.628. The average molecular weight is 327 g/mol. The molecule has 5 heteroatoms. The van der Waals surface area contributed by atoms with E-state index < -0.39 is 0 Å². The molecule has 0 atom stereocenters. The molecule has 0 saturated carbocycles. The SMILES string of the molecule is COc1nc(-c2ccccc2)nc(-c2cccc(Cl)c2)c1OC. The summed E-state index contributed by atoms with van der Waals surface area (Å²) in [4.78, 5) is 9.11. The first kappa shape index (κ1) is 15.3. The highest BCUT2D eigenvalue weighted by Crippen LogP contribution is 2.37. The number of rotatable bonds is 4. The van der Waals surface area contributed by atoms with Gasteiger partial charge in [0.25, 0.3) is 5.88 Å². The lowest BCUT2D eigenvalue weighted by molar-refractivity contribution is 0.343. The van der Waals surface area contributed by atoms with Crippen LogP contribution in [-0.4, -0.2) is 24.2 Å². The van der Waals surface area contributed by atoms with Gasteiger partial charge in [0.2, 0.25) is 5.75 Å². The van der Waals surface area contributed by atoms with E-state index in [1.807, 2.05) is 54.6 Å². The Labute approximate surface area is 139 Å². The number of benzene rings is 2. The van der Waals surface area contributed by atoms with E-state index in [0.29, 0.717) is 28.2 Å². The van der Waals surface area contributed by atoms with Crippen molar-refractivity contribution in [3.05, 3.63) is 59.6 Å². The van der Waals surface area contributed by atoms with E-state index in [4.69, 9.17) is 21.1 Å². The Balaban J connectivity index is 2.24. The van der Waals surface area contributed by atoms with Crippen molar-refractivity contribution in [2.24, 2.45) is 0 Å². The molecule has 1 aromatic heterocycles. The van der Waals surface area contributed by atoms with Crippen LogP contribution in [0.3, 0.4) is 0 Å². The number of hydrogen-bond acceptors (Lipinski definition) is 4. The van der Waals surface area contributed by atoms with Crippen LogP contribution in [0, 0.1) is 0 Å². The first-order valence-corrected chi connectivity index (χ1v) is 7.42. The Kier molecular flexibility index (Phi) is 4.44. The summed E-state index contributed by atoms with van der Waals surface area (Å²) in [6, 6.07) is 17.2. The van der Waals surface area contributed by atoms with E-state index >= 15 is 0 Å². The highest BCUT2D eigenvalue weighted by atomic mass is 35.5. The summed E-state index contributed by atoms with van der Waals surface area (Å²) in [5.41, 5.74) is 2.38. The van der Waals surface area contributed by atoms with Crippen LogP contribution < -0.4 is 9.47 Å². The number of aromatic nitrogens is 2. The monoisotopic (exact) mass is 326 g/mol. The number of ether oxygens (including phenoxy) is 2. The molecule has 0 saturated heterocycles. The molecule has 3 aromatic rings. The summed E-state index contributed by atoms with van der Waals surface area (Å²) in [6.45, 7) is 0. The Hall–Kier alpha value is -2.59. The molecule has 0 aliphatic rings. The van der Waals surface area contributed by atoms with Crippen molar-refractivity contribution in [2.75, 3.05) is 14.2 Å². The maximum atomic E-state index is 6.11. The molecule has 3 rings (SSSR count). The van der Waals surface area contributed by atoms with Gasteiger partial charge in [-0.15, -0.1) is 0 Å². The van der Waals surface area contributed by atoms with Crippen LogP contribution in [0.15, 0.2) is 54.6 Å². The zero-order chi connectivity index (χ0) is 16.2. The number of methoxy groups -OCH3 is 2. The van der Waals surface area contributed by atoms with Crippen LogP contribution >= 0.6 is 11.6 Å². The second-order valence-electron chi connectivity index (χ2n) is 4.81. The van der Waals surface area contributed by atoms with Gasteiger partial charge in [0.05, 0.1) is 14.2 Å². The summed E-state index contributed by atoms with van der Waals surface area (Å²) < 4.78 is 10.8.